The van der Waals surface area contributed by atoms with Crippen LogP contribution in [0.5, 0.6) is 0 Å². The first-order chi connectivity index (χ1) is 14.2. The number of carbonyl (C=O) groups is 1. The van der Waals surface area contributed by atoms with Crippen molar-refractivity contribution in [2.75, 3.05) is 30.9 Å². The van der Waals surface area contributed by atoms with E-state index in [1.807, 2.05) is 45.0 Å². The van der Waals surface area contributed by atoms with Crippen LogP contribution in [0.15, 0.2) is 39.9 Å². The van der Waals surface area contributed by atoms with Crippen molar-refractivity contribution in [1.29, 1.82) is 0 Å². The van der Waals surface area contributed by atoms with Gasteiger partial charge < -0.3 is 15.4 Å². The molecule has 0 saturated heterocycles. The van der Waals surface area contributed by atoms with Crippen molar-refractivity contribution in [2.45, 2.75) is 33.7 Å². The second-order valence-electron chi connectivity index (χ2n) is 7.58. The van der Waals surface area contributed by atoms with Crippen molar-refractivity contribution >= 4 is 23.5 Å². The summed E-state index contributed by atoms with van der Waals surface area (Å²) >= 11 is 0. The van der Waals surface area contributed by atoms with E-state index in [0.717, 1.165) is 11.1 Å². The molecule has 0 bridgehead atoms. The van der Waals surface area contributed by atoms with Crippen molar-refractivity contribution in [3.05, 3.63) is 62.3 Å². The molecule has 1 heterocycles. The molecule has 0 aliphatic heterocycles. The van der Waals surface area contributed by atoms with Crippen LogP contribution in [0, 0.1) is 12.8 Å². The zero-order chi connectivity index (χ0) is 22.3. The molecule has 8 nitrogen and oxygen atoms in total. The lowest BCUT2D eigenvalue weighted by Gasteiger charge is -2.24. The van der Waals surface area contributed by atoms with Gasteiger partial charge in [0, 0.05) is 32.9 Å². The fourth-order valence-electron chi connectivity index (χ4n) is 3.12. The number of methoxy groups -OCH3 is 1. The van der Waals surface area contributed by atoms with Crippen LogP contribution < -0.4 is 21.9 Å². The topological polar surface area (TPSA) is 110 Å². The lowest BCUT2D eigenvalue weighted by atomic mass is 10.1. The van der Waals surface area contributed by atoms with E-state index in [2.05, 4.69) is 4.98 Å². The number of nitrogens with two attached hydrogens (primary N) is 1. The van der Waals surface area contributed by atoms with Crippen LogP contribution in [-0.2, 0) is 16.1 Å². The number of aromatic nitrogens is 2. The SMILES string of the molecule is COCCCN(C(=O)/C=C/c1cccc(C)c1)c1c(N)n(CC(C)C)c(=O)[nH]c1=O. The van der Waals surface area contributed by atoms with E-state index in [9.17, 15) is 14.4 Å². The number of nitrogens with zero attached hydrogens (tertiary/aromatic N) is 2. The quantitative estimate of drug-likeness (QED) is 0.483. The van der Waals surface area contributed by atoms with Gasteiger partial charge in [-0.2, -0.15) is 0 Å². The van der Waals surface area contributed by atoms with Gasteiger partial charge in [0.15, 0.2) is 5.69 Å². The first-order valence-corrected chi connectivity index (χ1v) is 9.92. The number of carbonyl (C=O) groups excluding carboxylic acids is 1. The Balaban J connectivity index is 2.47. The van der Waals surface area contributed by atoms with Gasteiger partial charge in [-0.3, -0.25) is 19.1 Å². The first kappa shape index (κ1) is 23.2. The standard InChI is InChI=1S/C22H30N4O4/c1-15(2)14-26-20(23)19(21(28)24-22(26)29)25(11-6-12-30-4)18(27)10-9-17-8-5-7-16(3)13-17/h5,7-10,13,15H,6,11-12,14,23H2,1-4H3,(H,24,28,29)/b10-9+. The minimum absolute atomic E-state index is 0.0211. The molecule has 0 saturated carbocycles. The summed E-state index contributed by atoms with van der Waals surface area (Å²) < 4.78 is 6.37. The molecule has 0 aliphatic carbocycles. The summed E-state index contributed by atoms with van der Waals surface area (Å²) in [5.41, 5.74) is 6.84. The summed E-state index contributed by atoms with van der Waals surface area (Å²) in [6.45, 7) is 6.79. The van der Waals surface area contributed by atoms with Gasteiger partial charge in [0.1, 0.15) is 5.82 Å². The normalized spacial score (nSPS) is 11.4. The third kappa shape index (κ3) is 5.93. The molecule has 30 heavy (non-hydrogen) atoms. The van der Waals surface area contributed by atoms with Crippen molar-refractivity contribution in [1.82, 2.24) is 9.55 Å². The molecular formula is C22H30N4O4. The minimum atomic E-state index is -0.688. The summed E-state index contributed by atoms with van der Waals surface area (Å²) in [5.74, 6) is -0.297. The molecule has 3 N–H and O–H groups in total. The number of hydrogen-bond donors (Lipinski definition) is 2. The highest BCUT2D eigenvalue weighted by molar-refractivity contribution is 6.05. The number of rotatable bonds is 9. The molecule has 2 rings (SSSR count). The Bertz CT molecular complexity index is 1020. The van der Waals surface area contributed by atoms with Crippen molar-refractivity contribution in [2.24, 2.45) is 5.92 Å². The predicted molar refractivity (Wildman–Crippen MR) is 120 cm³/mol. The maximum Gasteiger partial charge on any atom is 0.330 e. The third-order valence-electron chi connectivity index (χ3n) is 4.49. The number of nitrogen functional groups attached to an aromatic ring is 1. The fourth-order valence-corrected chi connectivity index (χ4v) is 3.12. The Kier molecular flexibility index (Phi) is 8.17. The molecule has 8 heteroatoms. The molecule has 1 amide bonds. The molecule has 2 aromatic rings. The predicted octanol–water partition coefficient (Wildman–Crippen LogP) is 2.17. The van der Waals surface area contributed by atoms with Crippen LogP contribution in [0.3, 0.4) is 0 Å². The maximum atomic E-state index is 13.0. The summed E-state index contributed by atoms with van der Waals surface area (Å²) in [6.07, 6.45) is 3.59. The number of aromatic amines is 1. The summed E-state index contributed by atoms with van der Waals surface area (Å²) in [4.78, 5) is 41.4. The van der Waals surface area contributed by atoms with Gasteiger partial charge in [0.25, 0.3) is 11.5 Å². The molecule has 0 atom stereocenters. The van der Waals surface area contributed by atoms with E-state index in [0.29, 0.717) is 19.6 Å². The molecule has 1 aromatic carbocycles. The average molecular weight is 415 g/mol. The molecule has 162 valence electrons. The highest BCUT2D eigenvalue weighted by atomic mass is 16.5. The number of H-pyrrole nitrogens is 1. The number of benzene rings is 1. The van der Waals surface area contributed by atoms with Crippen LogP contribution >= 0.6 is 0 Å². The van der Waals surface area contributed by atoms with Gasteiger partial charge in [-0.05, 0) is 30.9 Å². The summed E-state index contributed by atoms with van der Waals surface area (Å²) in [7, 11) is 1.56. The average Bonchev–Trinajstić information content (AvgIpc) is 2.68. The van der Waals surface area contributed by atoms with Gasteiger partial charge >= 0.3 is 5.69 Å². The molecular weight excluding hydrogens is 384 g/mol. The van der Waals surface area contributed by atoms with E-state index in [1.165, 1.54) is 15.5 Å². The van der Waals surface area contributed by atoms with E-state index in [4.69, 9.17) is 10.5 Å². The number of amides is 1. The Hall–Kier alpha value is -3.13. The van der Waals surface area contributed by atoms with E-state index in [1.54, 1.807) is 13.2 Å². The summed E-state index contributed by atoms with van der Waals surface area (Å²) in [6, 6.07) is 7.70. The smallest absolute Gasteiger partial charge is 0.330 e. The van der Waals surface area contributed by atoms with E-state index < -0.39 is 17.2 Å². The zero-order valence-corrected chi connectivity index (χ0v) is 18.0. The minimum Gasteiger partial charge on any atom is -0.385 e. The van der Waals surface area contributed by atoms with Crippen molar-refractivity contribution < 1.29 is 9.53 Å². The first-order valence-electron chi connectivity index (χ1n) is 9.92. The van der Waals surface area contributed by atoms with E-state index in [-0.39, 0.29) is 24.0 Å². The van der Waals surface area contributed by atoms with Crippen LogP contribution in [0.2, 0.25) is 0 Å². The lowest BCUT2D eigenvalue weighted by Crippen LogP contribution is -2.41. The van der Waals surface area contributed by atoms with Crippen molar-refractivity contribution in [3.63, 3.8) is 0 Å². The number of ether oxygens (including phenoxy) is 1. The van der Waals surface area contributed by atoms with Gasteiger partial charge in [-0.25, -0.2) is 4.79 Å². The van der Waals surface area contributed by atoms with Crippen LogP contribution in [0.4, 0.5) is 11.5 Å². The molecule has 0 radical (unpaired) electrons. The van der Waals surface area contributed by atoms with Gasteiger partial charge in [-0.1, -0.05) is 43.7 Å². The van der Waals surface area contributed by atoms with Gasteiger partial charge in [0.2, 0.25) is 0 Å². The lowest BCUT2D eigenvalue weighted by molar-refractivity contribution is -0.114. The monoisotopic (exact) mass is 414 g/mol. The van der Waals surface area contributed by atoms with E-state index >= 15 is 0 Å². The second kappa shape index (κ2) is 10.6. The summed E-state index contributed by atoms with van der Waals surface area (Å²) in [5, 5.41) is 0. The maximum absolute atomic E-state index is 13.0. The van der Waals surface area contributed by atoms with Crippen LogP contribution in [0.1, 0.15) is 31.4 Å². The Morgan fingerprint density at radius 3 is 2.70 bits per heavy atom. The number of hydrogen-bond acceptors (Lipinski definition) is 5. The fraction of sp³-hybridized carbons (Fsp3) is 0.409. The van der Waals surface area contributed by atoms with Gasteiger partial charge in [-0.15, -0.1) is 0 Å². The molecule has 0 unspecified atom stereocenters. The molecule has 1 aromatic heterocycles. The van der Waals surface area contributed by atoms with Crippen LogP contribution in [0.25, 0.3) is 6.08 Å². The molecule has 0 aliphatic rings. The Morgan fingerprint density at radius 2 is 2.07 bits per heavy atom. The zero-order valence-electron chi connectivity index (χ0n) is 18.0. The number of nitrogens with one attached hydrogen (secondary N) is 1. The number of anilines is 2. The Morgan fingerprint density at radius 1 is 1.33 bits per heavy atom. The Labute approximate surface area is 176 Å². The second-order valence-corrected chi connectivity index (χ2v) is 7.58. The molecule has 0 fully saturated rings. The van der Waals surface area contributed by atoms with Crippen LogP contribution in [-0.4, -0.2) is 35.7 Å². The third-order valence-corrected chi connectivity index (χ3v) is 4.49. The van der Waals surface area contributed by atoms with Crippen molar-refractivity contribution in [3.8, 4) is 0 Å². The highest BCUT2D eigenvalue weighted by Crippen LogP contribution is 2.19. The molecule has 0 spiro atoms. The highest BCUT2D eigenvalue weighted by Gasteiger charge is 2.23. The number of aryl methyl sites for hydroxylation is 1. The largest absolute Gasteiger partial charge is 0.385 e. The van der Waals surface area contributed by atoms with Gasteiger partial charge in [0.05, 0.1) is 0 Å².